The fraction of sp³-hybridized carbons (Fsp3) is 0.545. The minimum atomic E-state index is -0.0827. The lowest BCUT2D eigenvalue weighted by molar-refractivity contribution is -0.118. The molecule has 0 atom stereocenters. The summed E-state index contributed by atoms with van der Waals surface area (Å²) in [6, 6.07) is 1.77. The maximum absolute atomic E-state index is 11.1. The predicted octanol–water partition coefficient (Wildman–Crippen LogP) is 0.800. The van der Waals surface area contributed by atoms with E-state index in [-0.39, 0.29) is 18.4 Å². The Morgan fingerprint density at radius 2 is 1.94 bits per heavy atom. The van der Waals surface area contributed by atoms with Crippen molar-refractivity contribution in [2.45, 2.75) is 19.8 Å². The predicted molar refractivity (Wildman–Crippen MR) is 68.2 cm³/mol. The lowest BCUT2D eigenvalue weighted by atomic mass is 10.2. The van der Waals surface area contributed by atoms with E-state index in [1.54, 1.807) is 20.2 Å². The molecule has 0 bridgehead atoms. The second kappa shape index (κ2) is 6.03. The van der Waals surface area contributed by atoms with Crippen LogP contribution in [-0.2, 0) is 4.79 Å². The quantitative estimate of drug-likeness (QED) is 0.706. The smallest absolute Gasteiger partial charge is 0.239 e. The molecule has 0 aromatic carbocycles. The Labute approximate surface area is 101 Å². The monoisotopic (exact) mass is 237 g/mol. The largest absolute Gasteiger partial charge is 0.373 e. The molecule has 1 amide bonds. The maximum Gasteiger partial charge on any atom is 0.239 e. The van der Waals surface area contributed by atoms with E-state index in [0.717, 1.165) is 11.6 Å². The number of carbonyl (C=O) groups is 1. The van der Waals surface area contributed by atoms with Crippen LogP contribution < -0.4 is 16.0 Å². The first-order valence-electron chi connectivity index (χ1n) is 5.58. The van der Waals surface area contributed by atoms with Gasteiger partial charge in [0.05, 0.1) is 6.54 Å². The topological polar surface area (TPSA) is 78.9 Å². The van der Waals surface area contributed by atoms with Crippen molar-refractivity contribution in [1.29, 1.82) is 0 Å². The molecular weight excluding hydrogens is 218 g/mol. The number of hydrogen-bond acceptors (Lipinski definition) is 5. The Morgan fingerprint density at radius 1 is 1.29 bits per heavy atom. The maximum atomic E-state index is 11.1. The van der Waals surface area contributed by atoms with Crippen molar-refractivity contribution in [3.63, 3.8) is 0 Å². The summed E-state index contributed by atoms with van der Waals surface area (Å²) in [5.74, 6) is 2.29. The summed E-state index contributed by atoms with van der Waals surface area (Å²) in [7, 11) is 3.40. The van der Waals surface area contributed by atoms with Crippen LogP contribution in [0, 0.1) is 0 Å². The Kier molecular flexibility index (Phi) is 4.68. The zero-order valence-corrected chi connectivity index (χ0v) is 10.7. The molecular formula is C11H19N5O. The van der Waals surface area contributed by atoms with Gasteiger partial charge in [-0.1, -0.05) is 13.8 Å². The van der Waals surface area contributed by atoms with Crippen LogP contribution in [-0.4, -0.2) is 36.5 Å². The molecule has 0 saturated carbocycles. The molecule has 0 aliphatic rings. The van der Waals surface area contributed by atoms with Crippen molar-refractivity contribution < 1.29 is 4.79 Å². The summed E-state index contributed by atoms with van der Waals surface area (Å²) in [6.07, 6.45) is 0. The average Bonchev–Trinajstić information content (AvgIpc) is 2.35. The first-order valence-corrected chi connectivity index (χ1v) is 5.58. The molecule has 1 aromatic rings. The van der Waals surface area contributed by atoms with Gasteiger partial charge in [-0.2, -0.15) is 0 Å². The third kappa shape index (κ3) is 3.90. The molecule has 0 radical (unpaired) electrons. The minimum absolute atomic E-state index is 0.0827. The van der Waals surface area contributed by atoms with Gasteiger partial charge >= 0.3 is 0 Å². The highest BCUT2D eigenvalue weighted by molar-refractivity contribution is 5.80. The Balaban J connectivity index is 2.83. The fourth-order valence-electron chi connectivity index (χ4n) is 1.20. The van der Waals surface area contributed by atoms with Gasteiger partial charge in [-0.15, -0.1) is 0 Å². The van der Waals surface area contributed by atoms with E-state index in [2.05, 4.69) is 25.9 Å². The lowest BCUT2D eigenvalue weighted by Gasteiger charge is -2.10. The summed E-state index contributed by atoms with van der Waals surface area (Å²) in [6.45, 7) is 4.25. The Bertz CT molecular complexity index is 391. The lowest BCUT2D eigenvalue weighted by Crippen LogP contribution is -2.26. The minimum Gasteiger partial charge on any atom is -0.373 e. The van der Waals surface area contributed by atoms with Crippen molar-refractivity contribution >= 4 is 17.5 Å². The van der Waals surface area contributed by atoms with Gasteiger partial charge in [-0.25, -0.2) is 9.97 Å². The molecule has 0 aliphatic heterocycles. The van der Waals surface area contributed by atoms with Crippen LogP contribution in [0.15, 0.2) is 6.07 Å². The van der Waals surface area contributed by atoms with E-state index in [0.29, 0.717) is 5.82 Å². The molecule has 3 N–H and O–H groups in total. The third-order valence-electron chi connectivity index (χ3n) is 2.22. The van der Waals surface area contributed by atoms with Crippen LogP contribution >= 0.6 is 0 Å². The molecule has 1 aromatic heterocycles. The number of anilines is 2. The summed E-state index contributed by atoms with van der Waals surface area (Å²) in [4.78, 5) is 19.8. The average molecular weight is 237 g/mol. The highest BCUT2D eigenvalue weighted by Crippen LogP contribution is 2.16. The normalized spacial score (nSPS) is 10.2. The van der Waals surface area contributed by atoms with E-state index in [1.165, 1.54) is 0 Å². The highest BCUT2D eigenvalue weighted by atomic mass is 16.1. The van der Waals surface area contributed by atoms with Crippen LogP contribution in [0.25, 0.3) is 0 Å². The first kappa shape index (κ1) is 13.2. The molecule has 1 heterocycles. The highest BCUT2D eigenvalue weighted by Gasteiger charge is 2.08. The van der Waals surface area contributed by atoms with Gasteiger partial charge in [0.25, 0.3) is 0 Å². The molecule has 1 rings (SSSR count). The molecule has 0 saturated heterocycles. The van der Waals surface area contributed by atoms with Crippen LogP contribution in [0.3, 0.4) is 0 Å². The molecule has 94 valence electrons. The van der Waals surface area contributed by atoms with E-state index in [1.807, 2.05) is 13.8 Å². The SMILES string of the molecule is CNC(=O)CNc1cc(NC)nc(C(C)C)n1. The Hall–Kier alpha value is -1.85. The molecule has 0 aliphatic carbocycles. The Morgan fingerprint density at radius 3 is 2.47 bits per heavy atom. The van der Waals surface area contributed by atoms with E-state index in [9.17, 15) is 4.79 Å². The zero-order chi connectivity index (χ0) is 12.8. The van der Waals surface area contributed by atoms with Gasteiger partial charge in [0, 0.05) is 26.1 Å². The number of nitrogens with zero attached hydrogens (tertiary/aromatic N) is 2. The molecule has 6 heteroatoms. The standard InChI is InChI=1S/C11H19N5O/c1-7(2)11-15-8(12-3)5-9(16-11)14-6-10(17)13-4/h5,7H,6H2,1-4H3,(H,13,17)(H2,12,14,15,16). The fourth-order valence-corrected chi connectivity index (χ4v) is 1.20. The summed E-state index contributed by atoms with van der Waals surface area (Å²) >= 11 is 0. The number of likely N-dealkylation sites (N-methyl/N-ethyl adjacent to an activating group) is 1. The van der Waals surface area contributed by atoms with Gasteiger partial charge in [0.2, 0.25) is 5.91 Å². The van der Waals surface area contributed by atoms with E-state index in [4.69, 9.17) is 0 Å². The van der Waals surface area contributed by atoms with Crippen LogP contribution in [0.2, 0.25) is 0 Å². The first-order chi connectivity index (χ1) is 8.06. The van der Waals surface area contributed by atoms with Gasteiger partial charge in [0.15, 0.2) is 0 Å². The van der Waals surface area contributed by atoms with Crippen LogP contribution in [0.1, 0.15) is 25.6 Å². The summed E-state index contributed by atoms with van der Waals surface area (Å²) in [5.41, 5.74) is 0. The van der Waals surface area contributed by atoms with Crippen molar-refractivity contribution in [2.24, 2.45) is 0 Å². The summed E-state index contributed by atoms with van der Waals surface area (Å²) < 4.78 is 0. The molecule has 0 fully saturated rings. The van der Waals surface area contributed by atoms with Crippen molar-refractivity contribution in [1.82, 2.24) is 15.3 Å². The number of amides is 1. The van der Waals surface area contributed by atoms with Crippen LogP contribution in [0.4, 0.5) is 11.6 Å². The number of nitrogens with one attached hydrogen (secondary N) is 3. The van der Waals surface area contributed by atoms with Gasteiger partial charge in [0.1, 0.15) is 17.5 Å². The third-order valence-corrected chi connectivity index (χ3v) is 2.22. The van der Waals surface area contributed by atoms with Crippen LogP contribution in [0.5, 0.6) is 0 Å². The number of hydrogen-bond donors (Lipinski definition) is 3. The van der Waals surface area contributed by atoms with Crippen molar-refractivity contribution in [2.75, 3.05) is 31.3 Å². The van der Waals surface area contributed by atoms with Gasteiger partial charge in [-0.05, 0) is 0 Å². The molecule has 17 heavy (non-hydrogen) atoms. The number of rotatable bonds is 5. The van der Waals surface area contributed by atoms with E-state index < -0.39 is 0 Å². The molecule has 0 spiro atoms. The second-order valence-corrected chi connectivity index (χ2v) is 3.93. The summed E-state index contributed by atoms with van der Waals surface area (Å²) in [5, 5.41) is 8.48. The molecule has 0 unspecified atom stereocenters. The van der Waals surface area contributed by atoms with E-state index >= 15 is 0 Å². The van der Waals surface area contributed by atoms with Gasteiger partial charge in [-0.3, -0.25) is 4.79 Å². The van der Waals surface area contributed by atoms with Crippen molar-refractivity contribution in [3.05, 3.63) is 11.9 Å². The van der Waals surface area contributed by atoms with Crippen molar-refractivity contribution in [3.8, 4) is 0 Å². The van der Waals surface area contributed by atoms with Gasteiger partial charge < -0.3 is 16.0 Å². The molecule has 6 nitrogen and oxygen atoms in total. The number of carbonyl (C=O) groups excluding carboxylic acids is 1. The number of aromatic nitrogens is 2. The second-order valence-electron chi connectivity index (χ2n) is 3.93. The zero-order valence-electron chi connectivity index (χ0n) is 10.7.